The van der Waals surface area contributed by atoms with Crippen LogP contribution in [0.2, 0.25) is 0 Å². The second-order valence-electron chi connectivity index (χ2n) is 3.34. The molecule has 0 atom stereocenters. The third-order valence-electron chi connectivity index (χ3n) is 2.01. The monoisotopic (exact) mass is 194 g/mol. The number of hydrogen-bond acceptors (Lipinski definition) is 2. The van der Waals surface area contributed by atoms with Crippen molar-refractivity contribution in [3.8, 4) is 0 Å². The molecule has 0 N–H and O–H groups in total. The van der Waals surface area contributed by atoms with E-state index in [1.54, 1.807) is 0 Å². The fraction of sp³-hybridized carbons (Fsp3) is 0.583. The van der Waals surface area contributed by atoms with Gasteiger partial charge in [-0.05, 0) is 32.9 Å². The Hall–Kier alpha value is -1.05. The zero-order valence-electron chi connectivity index (χ0n) is 10.2. The predicted octanol–water partition coefficient (Wildman–Crippen LogP) is 3.26. The average molecular weight is 194 g/mol. The Labute approximate surface area is 88.0 Å². The van der Waals surface area contributed by atoms with Crippen molar-refractivity contribution >= 4 is 5.82 Å². The van der Waals surface area contributed by atoms with Crippen LogP contribution in [0.15, 0.2) is 18.2 Å². The van der Waals surface area contributed by atoms with Crippen molar-refractivity contribution in [2.24, 2.45) is 0 Å². The molecule has 0 unspecified atom stereocenters. The zero-order chi connectivity index (χ0) is 11.1. The second kappa shape index (κ2) is 6.41. The van der Waals surface area contributed by atoms with Gasteiger partial charge in [0.15, 0.2) is 0 Å². The van der Waals surface area contributed by atoms with Crippen molar-refractivity contribution in [3.63, 3.8) is 0 Å². The molecule has 0 aromatic carbocycles. The normalized spacial score (nSPS) is 9.36. The van der Waals surface area contributed by atoms with Gasteiger partial charge in [0, 0.05) is 18.8 Å². The van der Waals surface area contributed by atoms with Crippen LogP contribution >= 0.6 is 0 Å². The third kappa shape index (κ3) is 3.77. The lowest BCUT2D eigenvalue weighted by Gasteiger charge is -2.22. The van der Waals surface area contributed by atoms with Crippen LogP contribution in [-0.2, 0) is 0 Å². The highest BCUT2D eigenvalue weighted by Gasteiger charge is 2.04. The van der Waals surface area contributed by atoms with E-state index in [9.17, 15) is 0 Å². The van der Waals surface area contributed by atoms with Crippen molar-refractivity contribution in [1.29, 1.82) is 0 Å². The highest BCUT2D eigenvalue weighted by molar-refractivity contribution is 5.38. The number of nitrogens with zero attached hydrogens (tertiary/aromatic N) is 2. The number of aryl methyl sites for hydroxylation is 1. The molecule has 80 valence electrons. The third-order valence-corrected chi connectivity index (χ3v) is 2.01. The van der Waals surface area contributed by atoms with E-state index in [4.69, 9.17) is 0 Å². The van der Waals surface area contributed by atoms with Gasteiger partial charge in [0.1, 0.15) is 5.82 Å². The Kier molecular flexibility index (Phi) is 5.93. The van der Waals surface area contributed by atoms with Crippen LogP contribution in [-0.4, -0.2) is 18.1 Å². The number of rotatable bonds is 2. The van der Waals surface area contributed by atoms with Crippen LogP contribution in [0.25, 0.3) is 0 Å². The number of anilines is 1. The molecule has 1 rings (SSSR count). The number of hydrogen-bond donors (Lipinski definition) is 0. The molecule has 2 heteroatoms. The van der Waals surface area contributed by atoms with Gasteiger partial charge < -0.3 is 4.90 Å². The summed E-state index contributed by atoms with van der Waals surface area (Å²) in [6.45, 7) is 10.3. The van der Waals surface area contributed by atoms with Crippen molar-refractivity contribution < 1.29 is 0 Å². The topological polar surface area (TPSA) is 16.1 Å². The maximum absolute atomic E-state index is 4.42. The lowest BCUT2D eigenvalue weighted by molar-refractivity contribution is 0.742. The van der Waals surface area contributed by atoms with Gasteiger partial charge in [-0.25, -0.2) is 4.98 Å². The van der Waals surface area contributed by atoms with E-state index in [-0.39, 0.29) is 0 Å². The Balaban J connectivity index is 0.000000791. The summed E-state index contributed by atoms with van der Waals surface area (Å²) in [5, 5.41) is 0. The summed E-state index contributed by atoms with van der Waals surface area (Å²) in [5.41, 5.74) is 1.07. The van der Waals surface area contributed by atoms with Crippen molar-refractivity contribution in [2.45, 2.75) is 40.7 Å². The van der Waals surface area contributed by atoms with Gasteiger partial charge in [0.25, 0.3) is 0 Å². The molecule has 1 heterocycles. The molecule has 0 aliphatic rings. The van der Waals surface area contributed by atoms with Crippen LogP contribution in [0.3, 0.4) is 0 Å². The summed E-state index contributed by atoms with van der Waals surface area (Å²) in [6.07, 6.45) is 0. The predicted molar refractivity (Wildman–Crippen MR) is 63.9 cm³/mol. The van der Waals surface area contributed by atoms with Gasteiger partial charge in [0.05, 0.1) is 0 Å². The lowest BCUT2D eigenvalue weighted by atomic mass is 10.3. The Morgan fingerprint density at radius 2 is 1.79 bits per heavy atom. The fourth-order valence-electron chi connectivity index (χ4n) is 0.990. The summed E-state index contributed by atoms with van der Waals surface area (Å²) < 4.78 is 0. The van der Waals surface area contributed by atoms with Crippen molar-refractivity contribution in [1.82, 2.24) is 4.98 Å². The quantitative estimate of drug-likeness (QED) is 0.718. The van der Waals surface area contributed by atoms with Gasteiger partial charge >= 0.3 is 0 Å². The number of aromatic nitrogens is 1. The van der Waals surface area contributed by atoms with Gasteiger partial charge in [0.2, 0.25) is 0 Å². The summed E-state index contributed by atoms with van der Waals surface area (Å²) in [7, 11) is 2.06. The molecule has 0 aliphatic carbocycles. The molecule has 0 spiro atoms. The summed E-state index contributed by atoms with van der Waals surface area (Å²) in [5.74, 6) is 1.05. The summed E-state index contributed by atoms with van der Waals surface area (Å²) in [6, 6.07) is 6.58. The van der Waals surface area contributed by atoms with Gasteiger partial charge in [-0.3, -0.25) is 0 Å². The molecule has 0 radical (unpaired) electrons. The Morgan fingerprint density at radius 1 is 1.21 bits per heavy atom. The molecule has 14 heavy (non-hydrogen) atoms. The summed E-state index contributed by atoms with van der Waals surface area (Å²) >= 11 is 0. The van der Waals surface area contributed by atoms with E-state index in [2.05, 4.69) is 30.8 Å². The molecule has 2 nitrogen and oxygen atoms in total. The lowest BCUT2D eigenvalue weighted by Crippen LogP contribution is -2.26. The zero-order valence-corrected chi connectivity index (χ0v) is 10.2. The highest BCUT2D eigenvalue weighted by Crippen LogP contribution is 2.11. The van der Waals surface area contributed by atoms with Crippen LogP contribution in [0.5, 0.6) is 0 Å². The first-order chi connectivity index (χ1) is 6.61. The largest absolute Gasteiger partial charge is 0.357 e. The van der Waals surface area contributed by atoms with Crippen molar-refractivity contribution in [2.75, 3.05) is 11.9 Å². The van der Waals surface area contributed by atoms with E-state index in [0.29, 0.717) is 6.04 Å². The van der Waals surface area contributed by atoms with E-state index < -0.39 is 0 Å². The molecule has 0 saturated heterocycles. The summed E-state index contributed by atoms with van der Waals surface area (Å²) in [4.78, 5) is 6.58. The molecule has 0 amide bonds. The molecule has 1 aromatic rings. The van der Waals surface area contributed by atoms with Gasteiger partial charge in [-0.1, -0.05) is 19.9 Å². The molecule has 0 fully saturated rings. The minimum atomic E-state index is 0.499. The van der Waals surface area contributed by atoms with E-state index in [1.807, 2.05) is 39.0 Å². The van der Waals surface area contributed by atoms with Crippen LogP contribution in [0.4, 0.5) is 5.82 Å². The van der Waals surface area contributed by atoms with Crippen LogP contribution in [0.1, 0.15) is 33.4 Å². The Morgan fingerprint density at radius 3 is 2.21 bits per heavy atom. The molecular weight excluding hydrogens is 172 g/mol. The molecule has 0 bridgehead atoms. The molecule has 0 aliphatic heterocycles. The molecule has 1 aromatic heterocycles. The first-order valence-corrected chi connectivity index (χ1v) is 5.27. The number of pyridine rings is 1. The smallest absolute Gasteiger partial charge is 0.128 e. The fourth-order valence-corrected chi connectivity index (χ4v) is 0.990. The standard InChI is InChI=1S/C10H16N2.C2H6/c1-8(2)12(4)10-7-5-6-9(3)11-10;1-2/h5-8H,1-4H3;1-2H3. The van der Waals surface area contributed by atoms with Crippen LogP contribution in [0, 0.1) is 6.92 Å². The molecule has 0 saturated carbocycles. The highest BCUT2D eigenvalue weighted by atomic mass is 15.2. The maximum Gasteiger partial charge on any atom is 0.128 e. The van der Waals surface area contributed by atoms with Crippen LogP contribution < -0.4 is 4.90 Å². The van der Waals surface area contributed by atoms with E-state index in [0.717, 1.165) is 11.5 Å². The molecular formula is C12H22N2. The van der Waals surface area contributed by atoms with Crippen molar-refractivity contribution in [3.05, 3.63) is 23.9 Å². The first-order valence-electron chi connectivity index (χ1n) is 5.27. The maximum atomic E-state index is 4.42. The van der Waals surface area contributed by atoms with Gasteiger partial charge in [-0.2, -0.15) is 0 Å². The van der Waals surface area contributed by atoms with Gasteiger partial charge in [-0.15, -0.1) is 0 Å². The van der Waals surface area contributed by atoms with E-state index >= 15 is 0 Å². The Bertz CT molecular complexity index is 256. The van der Waals surface area contributed by atoms with E-state index in [1.165, 1.54) is 0 Å². The minimum Gasteiger partial charge on any atom is -0.357 e. The second-order valence-corrected chi connectivity index (χ2v) is 3.34. The first kappa shape index (κ1) is 12.9. The average Bonchev–Trinajstić information content (AvgIpc) is 2.19. The SMILES string of the molecule is CC.Cc1cccc(N(C)C(C)C)n1. The minimum absolute atomic E-state index is 0.499.